The first kappa shape index (κ1) is 10.2. The number of carbonyl (C=O) groups excluding carboxylic acids is 1. The van der Waals surface area contributed by atoms with Crippen molar-refractivity contribution in [3.63, 3.8) is 0 Å². The van der Waals surface area contributed by atoms with Crippen LogP contribution in [0.4, 0.5) is 0 Å². The molecule has 0 spiro atoms. The predicted molar refractivity (Wildman–Crippen MR) is 58.2 cm³/mol. The van der Waals surface area contributed by atoms with Gasteiger partial charge in [0.15, 0.2) is 0 Å². The highest BCUT2D eigenvalue weighted by molar-refractivity contribution is 5.79. The lowest BCUT2D eigenvalue weighted by molar-refractivity contribution is -0.125. The lowest BCUT2D eigenvalue weighted by Gasteiger charge is -2.42. The summed E-state index contributed by atoms with van der Waals surface area (Å²) in [4.78, 5) is 11.5. The van der Waals surface area contributed by atoms with Crippen molar-refractivity contribution in [1.82, 2.24) is 0 Å². The highest BCUT2D eigenvalue weighted by atomic mass is 16.1. The van der Waals surface area contributed by atoms with Crippen LogP contribution in [0.25, 0.3) is 0 Å². The van der Waals surface area contributed by atoms with Gasteiger partial charge in [-0.05, 0) is 30.6 Å². The Morgan fingerprint density at radius 3 is 2.79 bits per heavy atom. The molecular weight excluding hydrogens is 172 g/mol. The molecule has 0 bridgehead atoms. The molecule has 2 atom stereocenters. The van der Waals surface area contributed by atoms with Crippen molar-refractivity contribution in [1.29, 1.82) is 0 Å². The Kier molecular flexibility index (Phi) is 2.94. The number of carbonyl (C=O) groups is 1. The molecule has 2 unspecified atom stereocenters. The standard InChI is InChI=1S/C13H22O/c1-13-8-5-3-2-4-6-11(13)10-12(14)7-9-13/h11H,2-10H2,1H3. The van der Waals surface area contributed by atoms with Crippen molar-refractivity contribution < 1.29 is 4.79 Å². The molecule has 14 heavy (non-hydrogen) atoms. The van der Waals surface area contributed by atoms with Gasteiger partial charge in [-0.25, -0.2) is 0 Å². The molecule has 0 aromatic rings. The predicted octanol–water partition coefficient (Wildman–Crippen LogP) is 3.72. The molecule has 0 amide bonds. The molecule has 2 fully saturated rings. The molecule has 0 N–H and O–H groups in total. The third-order valence-corrected chi connectivity index (χ3v) is 4.49. The van der Waals surface area contributed by atoms with Crippen molar-refractivity contribution in [2.45, 2.75) is 64.7 Å². The molecule has 0 heterocycles. The minimum Gasteiger partial charge on any atom is -0.300 e. The van der Waals surface area contributed by atoms with E-state index in [0.717, 1.165) is 19.3 Å². The second kappa shape index (κ2) is 4.04. The van der Waals surface area contributed by atoms with Crippen LogP contribution in [0.15, 0.2) is 0 Å². The summed E-state index contributed by atoms with van der Waals surface area (Å²) in [5.74, 6) is 1.23. The summed E-state index contributed by atoms with van der Waals surface area (Å²) in [5.41, 5.74) is 0.508. The third kappa shape index (κ3) is 2.02. The van der Waals surface area contributed by atoms with Crippen LogP contribution in [0.5, 0.6) is 0 Å². The van der Waals surface area contributed by atoms with Crippen LogP contribution in [0, 0.1) is 11.3 Å². The van der Waals surface area contributed by atoms with Gasteiger partial charge in [0, 0.05) is 12.8 Å². The Morgan fingerprint density at radius 1 is 1.14 bits per heavy atom. The maximum absolute atomic E-state index is 11.5. The molecule has 1 nitrogen and oxygen atoms in total. The minimum absolute atomic E-state index is 0.508. The maximum atomic E-state index is 11.5. The molecule has 0 aromatic heterocycles. The minimum atomic E-state index is 0.508. The second-order valence-electron chi connectivity index (χ2n) is 5.55. The smallest absolute Gasteiger partial charge is 0.133 e. The Labute approximate surface area is 87.3 Å². The molecule has 2 aliphatic carbocycles. The average Bonchev–Trinajstić information content (AvgIpc) is 2.14. The number of rotatable bonds is 0. The third-order valence-electron chi connectivity index (χ3n) is 4.49. The zero-order valence-electron chi connectivity index (χ0n) is 9.35. The van der Waals surface area contributed by atoms with Crippen LogP contribution in [0.2, 0.25) is 0 Å². The summed E-state index contributed by atoms with van der Waals surface area (Å²) >= 11 is 0. The lowest BCUT2D eigenvalue weighted by atomic mass is 9.62. The number of hydrogen-bond donors (Lipinski definition) is 0. The highest BCUT2D eigenvalue weighted by Crippen LogP contribution is 2.47. The fraction of sp³-hybridized carbons (Fsp3) is 0.923. The van der Waals surface area contributed by atoms with Gasteiger partial charge in [-0.2, -0.15) is 0 Å². The topological polar surface area (TPSA) is 17.1 Å². The van der Waals surface area contributed by atoms with E-state index >= 15 is 0 Å². The van der Waals surface area contributed by atoms with Crippen LogP contribution < -0.4 is 0 Å². The number of ketones is 1. The number of fused-ring (bicyclic) bond motifs is 1. The molecule has 1 heteroatoms. The fourth-order valence-corrected chi connectivity index (χ4v) is 3.31. The van der Waals surface area contributed by atoms with Crippen LogP contribution in [-0.2, 0) is 4.79 Å². The summed E-state index contributed by atoms with van der Waals surface area (Å²) < 4.78 is 0. The summed E-state index contributed by atoms with van der Waals surface area (Å²) in [7, 11) is 0. The Morgan fingerprint density at radius 2 is 1.93 bits per heavy atom. The van der Waals surface area contributed by atoms with Crippen molar-refractivity contribution in [2.75, 3.05) is 0 Å². The van der Waals surface area contributed by atoms with E-state index in [1.165, 1.54) is 38.5 Å². The van der Waals surface area contributed by atoms with Crippen molar-refractivity contribution >= 4 is 5.78 Å². The number of hydrogen-bond acceptors (Lipinski definition) is 1. The van der Waals surface area contributed by atoms with E-state index in [1.807, 2.05) is 0 Å². The van der Waals surface area contributed by atoms with E-state index in [-0.39, 0.29) is 0 Å². The Hall–Kier alpha value is -0.330. The molecule has 0 aromatic carbocycles. The molecule has 2 saturated carbocycles. The first-order valence-electron chi connectivity index (χ1n) is 6.22. The van der Waals surface area contributed by atoms with Gasteiger partial charge in [0.2, 0.25) is 0 Å². The van der Waals surface area contributed by atoms with E-state index in [0.29, 0.717) is 17.1 Å². The van der Waals surface area contributed by atoms with Gasteiger partial charge in [0.25, 0.3) is 0 Å². The van der Waals surface area contributed by atoms with Gasteiger partial charge >= 0.3 is 0 Å². The van der Waals surface area contributed by atoms with E-state index < -0.39 is 0 Å². The summed E-state index contributed by atoms with van der Waals surface area (Å²) in [6, 6.07) is 0. The summed E-state index contributed by atoms with van der Waals surface area (Å²) in [6.07, 6.45) is 11.1. The first-order valence-corrected chi connectivity index (χ1v) is 6.22. The normalized spacial score (nSPS) is 39.8. The van der Waals surface area contributed by atoms with E-state index in [9.17, 15) is 4.79 Å². The Bertz CT molecular complexity index is 221. The van der Waals surface area contributed by atoms with Crippen molar-refractivity contribution in [3.8, 4) is 0 Å². The summed E-state index contributed by atoms with van der Waals surface area (Å²) in [5, 5.41) is 0. The number of Topliss-reactive ketones (excluding diaryl/α,β-unsaturated/α-hetero) is 1. The van der Waals surface area contributed by atoms with Gasteiger partial charge in [-0.15, -0.1) is 0 Å². The van der Waals surface area contributed by atoms with Gasteiger partial charge in [-0.1, -0.05) is 32.6 Å². The molecule has 0 saturated heterocycles. The molecule has 2 aliphatic rings. The van der Waals surface area contributed by atoms with Gasteiger partial charge in [-0.3, -0.25) is 4.79 Å². The maximum Gasteiger partial charge on any atom is 0.133 e. The average molecular weight is 194 g/mol. The quantitative estimate of drug-likeness (QED) is 0.574. The van der Waals surface area contributed by atoms with E-state index in [1.54, 1.807) is 0 Å². The molecule has 0 aliphatic heterocycles. The monoisotopic (exact) mass is 194 g/mol. The SMILES string of the molecule is CC12CCCCCCC1CC(=O)CC2. The van der Waals surface area contributed by atoms with Crippen LogP contribution in [-0.4, -0.2) is 5.78 Å². The van der Waals surface area contributed by atoms with E-state index in [4.69, 9.17) is 0 Å². The van der Waals surface area contributed by atoms with E-state index in [2.05, 4.69) is 6.92 Å². The van der Waals surface area contributed by atoms with Crippen molar-refractivity contribution in [3.05, 3.63) is 0 Å². The van der Waals surface area contributed by atoms with Gasteiger partial charge in [0.1, 0.15) is 5.78 Å². The highest BCUT2D eigenvalue weighted by Gasteiger charge is 2.38. The fourth-order valence-electron chi connectivity index (χ4n) is 3.31. The van der Waals surface area contributed by atoms with Gasteiger partial charge < -0.3 is 0 Å². The zero-order chi connectivity index (χ0) is 10.0. The van der Waals surface area contributed by atoms with Crippen LogP contribution in [0.3, 0.4) is 0 Å². The zero-order valence-corrected chi connectivity index (χ0v) is 9.35. The lowest BCUT2D eigenvalue weighted by Crippen LogP contribution is -2.35. The molecule has 2 rings (SSSR count). The van der Waals surface area contributed by atoms with Gasteiger partial charge in [0.05, 0.1) is 0 Å². The second-order valence-corrected chi connectivity index (χ2v) is 5.55. The molecular formula is C13H22O. The van der Waals surface area contributed by atoms with Crippen LogP contribution >= 0.6 is 0 Å². The first-order chi connectivity index (χ1) is 6.71. The Balaban J connectivity index is 2.07. The molecule has 80 valence electrons. The molecule has 0 radical (unpaired) electrons. The largest absolute Gasteiger partial charge is 0.300 e. The van der Waals surface area contributed by atoms with Crippen molar-refractivity contribution in [2.24, 2.45) is 11.3 Å². The summed E-state index contributed by atoms with van der Waals surface area (Å²) in [6.45, 7) is 2.43. The van der Waals surface area contributed by atoms with Crippen LogP contribution in [0.1, 0.15) is 64.7 Å².